The summed E-state index contributed by atoms with van der Waals surface area (Å²) in [6.07, 6.45) is 0.745. The number of piperidine rings is 1. The van der Waals surface area contributed by atoms with Crippen molar-refractivity contribution in [3.63, 3.8) is 0 Å². The summed E-state index contributed by atoms with van der Waals surface area (Å²) in [6, 6.07) is 7.77. The van der Waals surface area contributed by atoms with Gasteiger partial charge >= 0.3 is 0 Å². The van der Waals surface area contributed by atoms with Crippen LogP contribution in [0.4, 0.5) is 19.0 Å². The summed E-state index contributed by atoms with van der Waals surface area (Å²) < 4.78 is 44.1. The molecule has 2 aromatic heterocycles. The molecular weight excluding hydrogens is 466 g/mol. The number of halogens is 5. The molecule has 1 fully saturated rings. The van der Waals surface area contributed by atoms with E-state index in [9.17, 15) is 13.2 Å². The van der Waals surface area contributed by atoms with Crippen LogP contribution in [-0.2, 0) is 0 Å². The van der Waals surface area contributed by atoms with Crippen molar-refractivity contribution in [2.75, 3.05) is 18.0 Å². The van der Waals surface area contributed by atoms with Gasteiger partial charge in [-0.15, -0.1) is 5.10 Å². The summed E-state index contributed by atoms with van der Waals surface area (Å²) in [4.78, 5) is 9.76. The van der Waals surface area contributed by atoms with E-state index in [1.165, 1.54) is 11.0 Å². The van der Waals surface area contributed by atoms with Gasteiger partial charge in [-0.3, -0.25) is 0 Å². The summed E-state index contributed by atoms with van der Waals surface area (Å²) in [6.45, 7) is -0.426. The summed E-state index contributed by atoms with van der Waals surface area (Å²) in [5.74, 6) is -3.85. The topological polar surface area (TPSA) is 83.5 Å². The highest BCUT2D eigenvalue weighted by molar-refractivity contribution is 6.42. The van der Waals surface area contributed by atoms with E-state index in [1.807, 2.05) is 0 Å². The van der Waals surface area contributed by atoms with Crippen molar-refractivity contribution in [3.05, 3.63) is 58.3 Å². The minimum Gasteiger partial charge on any atom is -0.349 e. The van der Waals surface area contributed by atoms with Crippen LogP contribution in [0, 0.1) is 5.82 Å². The average Bonchev–Trinajstić information content (AvgIpc) is 3.30. The molecule has 1 unspecified atom stereocenters. The number of hydrogen-bond donors (Lipinski definition) is 1. The van der Waals surface area contributed by atoms with Crippen molar-refractivity contribution < 1.29 is 13.2 Å². The van der Waals surface area contributed by atoms with Gasteiger partial charge in [-0.1, -0.05) is 35.3 Å². The summed E-state index contributed by atoms with van der Waals surface area (Å²) in [5.41, 5.74) is 1.19. The lowest BCUT2D eigenvalue weighted by molar-refractivity contribution is -0.0193. The van der Waals surface area contributed by atoms with Crippen LogP contribution in [0.15, 0.2) is 36.7 Å². The molecule has 12 heteroatoms. The molecular formula is C20H14Cl2F3N7. The fourth-order valence-corrected chi connectivity index (χ4v) is 4.35. The number of rotatable bonds is 3. The molecule has 164 valence electrons. The molecule has 1 aliphatic heterocycles. The summed E-state index contributed by atoms with van der Waals surface area (Å²) >= 11 is 12.2. The lowest BCUT2D eigenvalue weighted by Gasteiger charge is -2.37. The van der Waals surface area contributed by atoms with Gasteiger partial charge in [0.2, 0.25) is 0 Å². The first-order valence-electron chi connectivity index (χ1n) is 9.57. The van der Waals surface area contributed by atoms with Gasteiger partial charge in [0, 0.05) is 18.9 Å². The van der Waals surface area contributed by atoms with E-state index >= 15 is 0 Å². The average molecular weight is 480 g/mol. The van der Waals surface area contributed by atoms with Gasteiger partial charge in [-0.2, -0.15) is 0 Å². The Bertz CT molecular complexity index is 1300. The number of benzene rings is 2. The molecule has 0 saturated carbocycles. The zero-order chi connectivity index (χ0) is 22.5. The van der Waals surface area contributed by atoms with Crippen molar-refractivity contribution >= 4 is 39.9 Å². The number of aromatic nitrogens is 6. The Labute approximate surface area is 189 Å². The monoisotopic (exact) mass is 479 g/mol. The third kappa shape index (κ3) is 3.73. The second-order valence-corrected chi connectivity index (χ2v) is 8.38. The Kier molecular flexibility index (Phi) is 5.13. The van der Waals surface area contributed by atoms with Crippen molar-refractivity contribution in [2.24, 2.45) is 0 Å². The molecule has 32 heavy (non-hydrogen) atoms. The number of nitrogens with one attached hydrogen (secondary N) is 1. The predicted octanol–water partition coefficient (Wildman–Crippen LogP) is 4.89. The predicted molar refractivity (Wildman–Crippen MR) is 114 cm³/mol. The van der Waals surface area contributed by atoms with Crippen LogP contribution in [-0.4, -0.2) is 49.6 Å². The Balaban J connectivity index is 1.68. The normalized spacial score (nSPS) is 18.3. The maximum absolute atomic E-state index is 14.7. The van der Waals surface area contributed by atoms with Crippen molar-refractivity contribution in [1.29, 1.82) is 0 Å². The highest BCUT2D eigenvalue weighted by atomic mass is 35.5. The van der Waals surface area contributed by atoms with E-state index < -0.39 is 30.6 Å². The van der Waals surface area contributed by atoms with Crippen molar-refractivity contribution in [2.45, 2.75) is 18.3 Å². The standard InChI is InChI=1S/C20H14Cl2F3N7/c21-13-3-1-10(5-14(13)22)12-2-4-15(23)17-16(12)19(27-9-26-17)32-7-11(6-20(24,25)8-32)18-28-30-31-29-18/h1-5,9,11H,6-8H2,(H,28,29,30,31). The molecule has 0 aliphatic carbocycles. The number of aromatic amines is 1. The first kappa shape index (κ1) is 20.9. The van der Waals surface area contributed by atoms with Crippen molar-refractivity contribution in [3.8, 4) is 11.1 Å². The first-order chi connectivity index (χ1) is 15.3. The molecule has 1 N–H and O–H groups in total. The van der Waals surface area contributed by atoms with E-state index in [4.69, 9.17) is 23.2 Å². The minimum atomic E-state index is -3.04. The van der Waals surface area contributed by atoms with E-state index in [-0.39, 0.29) is 23.7 Å². The van der Waals surface area contributed by atoms with Gasteiger partial charge in [0.25, 0.3) is 5.92 Å². The van der Waals surface area contributed by atoms with Gasteiger partial charge in [-0.25, -0.2) is 28.2 Å². The number of hydrogen-bond acceptors (Lipinski definition) is 6. The largest absolute Gasteiger partial charge is 0.349 e. The second kappa shape index (κ2) is 7.86. The van der Waals surface area contributed by atoms with E-state index in [0.29, 0.717) is 26.6 Å². The molecule has 0 radical (unpaired) electrons. The molecule has 3 heterocycles. The zero-order valence-corrected chi connectivity index (χ0v) is 17.7. The molecule has 0 bridgehead atoms. The second-order valence-electron chi connectivity index (χ2n) is 7.57. The zero-order valence-electron chi connectivity index (χ0n) is 16.2. The van der Waals surface area contributed by atoms with Gasteiger partial charge in [-0.05, 0) is 39.8 Å². The maximum atomic E-state index is 14.7. The molecule has 1 atom stereocenters. The molecule has 1 aliphatic rings. The number of fused-ring (bicyclic) bond motifs is 1. The van der Waals surface area contributed by atoms with Gasteiger partial charge < -0.3 is 4.90 Å². The van der Waals surface area contributed by atoms with Gasteiger partial charge in [0.05, 0.1) is 22.0 Å². The highest BCUT2D eigenvalue weighted by Crippen LogP contribution is 2.41. The van der Waals surface area contributed by atoms with Crippen LogP contribution in [0.2, 0.25) is 10.0 Å². The van der Waals surface area contributed by atoms with Crippen LogP contribution in [0.5, 0.6) is 0 Å². The number of anilines is 1. The molecule has 5 rings (SSSR count). The van der Waals surface area contributed by atoms with Crippen LogP contribution in [0.1, 0.15) is 18.2 Å². The van der Waals surface area contributed by atoms with Crippen LogP contribution >= 0.6 is 23.2 Å². The van der Waals surface area contributed by atoms with Crippen LogP contribution in [0.25, 0.3) is 22.0 Å². The number of H-pyrrole nitrogens is 1. The number of tetrazole rings is 1. The molecule has 0 amide bonds. The third-order valence-corrected chi connectivity index (χ3v) is 6.14. The molecule has 2 aromatic carbocycles. The van der Waals surface area contributed by atoms with Gasteiger partial charge in [0.15, 0.2) is 5.82 Å². The fourth-order valence-electron chi connectivity index (χ4n) is 4.05. The Morgan fingerprint density at radius 2 is 1.94 bits per heavy atom. The minimum absolute atomic E-state index is 0.0188. The first-order valence-corrected chi connectivity index (χ1v) is 10.3. The Morgan fingerprint density at radius 1 is 1.09 bits per heavy atom. The number of alkyl halides is 2. The maximum Gasteiger partial charge on any atom is 0.266 e. The Morgan fingerprint density at radius 3 is 2.69 bits per heavy atom. The molecule has 0 spiro atoms. The summed E-state index contributed by atoms with van der Waals surface area (Å²) in [7, 11) is 0. The van der Waals surface area contributed by atoms with E-state index in [1.54, 1.807) is 24.3 Å². The van der Waals surface area contributed by atoms with Crippen LogP contribution in [0.3, 0.4) is 0 Å². The van der Waals surface area contributed by atoms with E-state index in [0.717, 1.165) is 6.33 Å². The number of nitrogens with zero attached hydrogens (tertiary/aromatic N) is 6. The van der Waals surface area contributed by atoms with Crippen LogP contribution < -0.4 is 4.90 Å². The Hall–Kier alpha value is -2.98. The highest BCUT2D eigenvalue weighted by Gasteiger charge is 2.43. The fraction of sp³-hybridized carbons (Fsp3) is 0.250. The van der Waals surface area contributed by atoms with Gasteiger partial charge in [0.1, 0.15) is 23.5 Å². The lowest BCUT2D eigenvalue weighted by atomic mass is 9.93. The SMILES string of the molecule is Fc1ccc(-c2ccc(Cl)c(Cl)c2)c2c(N3CC(c4nnn[nH]4)CC(F)(F)C3)ncnc12. The summed E-state index contributed by atoms with van der Waals surface area (Å²) in [5, 5.41) is 14.3. The van der Waals surface area contributed by atoms with E-state index in [2.05, 4.69) is 30.6 Å². The smallest absolute Gasteiger partial charge is 0.266 e. The molecule has 4 aromatic rings. The molecule has 1 saturated heterocycles. The quantitative estimate of drug-likeness (QED) is 0.450. The van der Waals surface area contributed by atoms with Crippen molar-refractivity contribution in [1.82, 2.24) is 30.6 Å². The lowest BCUT2D eigenvalue weighted by Crippen LogP contribution is -2.47. The third-order valence-electron chi connectivity index (χ3n) is 5.41. The molecule has 7 nitrogen and oxygen atoms in total.